The highest BCUT2D eigenvalue weighted by atomic mass is 16.3. The van der Waals surface area contributed by atoms with E-state index >= 15 is 0 Å². The van der Waals surface area contributed by atoms with Gasteiger partial charge in [0.2, 0.25) is 0 Å². The van der Waals surface area contributed by atoms with E-state index in [9.17, 15) is 4.79 Å². The molecule has 0 radical (unpaired) electrons. The lowest BCUT2D eigenvalue weighted by Crippen LogP contribution is -1.94. The second-order valence-electron chi connectivity index (χ2n) is 4.74. The highest BCUT2D eigenvalue weighted by molar-refractivity contribution is 5.95. The highest BCUT2D eigenvalue weighted by Gasteiger charge is 2.00. The summed E-state index contributed by atoms with van der Waals surface area (Å²) in [5.74, 6) is 0.294. The molecule has 2 heteroatoms. The number of hydrogen-bond acceptors (Lipinski definition) is 2. The molecule has 0 amide bonds. The van der Waals surface area contributed by atoms with Crippen LogP contribution in [0.1, 0.15) is 83.5 Å². The van der Waals surface area contributed by atoms with Gasteiger partial charge in [-0.1, -0.05) is 59.1 Å². The molecule has 0 aliphatic rings. The van der Waals surface area contributed by atoms with Crippen LogP contribution >= 0.6 is 0 Å². The molecule has 22 heavy (non-hydrogen) atoms. The van der Waals surface area contributed by atoms with Gasteiger partial charge in [0, 0.05) is 12.0 Å². The summed E-state index contributed by atoms with van der Waals surface area (Å²) in [5.41, 5.74) is 0.658. The minimum absolute atomic E-state index is 0.102. The molecule has 0 fully saturated rings. The maximum absolute atomic E-state index is 11.0. The van der Waals surface area contributed by atoms with Gasteiger partial charge in [-0.15, -0.1) is 0 Å². The fraction of sp³-hybridized carbons (Fsp3) is 0.550. The van der Waals surface area contributed by atoms with Crippen LogP contribution in [0, 0.1) is 0 Å². The Balaban J connectivity index is 0. The van der Waals surface area contributed by atoms with E-state index < -0.39 is 0 Å². The van der Waals surface area contributed by atoms with Crippen LogP contribution < -0.4 is 0 Å². The lowest BCUT2D eigenvalue weighted by molar-refractivity contribution is 0.0988. The highest BCUT2D eigenvalue weighted by Crippen LogP contribution is 2.10. The van der Waals surface area contributed by atoms with Crippen molar-refractivity contribution in [1.29, 1.82) is 0 Å². The Bertz CT molecular complexity index is 377. The Morgan fingerprint density at radius 3 is 2.09 bits per heavy atom. The smallest absolute Gasteiger partial charge is 0.162 e. The van der Waals surface area contributed by atoms with Crippen LogP contribution in [-0.2, 0) is 0 Å². The summed E-state index contributed by atoms with van der Waals surface area (Å²) in [6, 6.07) is 6.29. The van der Waals surface area contributed by atoms with Gasteiger partial charge in [-0.25, -0.2) is 0 Å². The first-order chi connectivity index (χ1) is 10.7. The minimum atomic E-state index is 0.102. The van der Waals surface area contributed by atoms with Gasteiger partial charge in [0.05, 0.1) is 0 Å². The largest absolute Gasteiger partial charge is 0.508 e. The van der Waals surface area contributed by atoms with E-state index in [1.807, 2.05) is 20.8 Å². The Morgan fingerprint density at radius 1 is 1.05 bits per heavy atom. The number of hydrogen-bond donors (Lipinski definition) is 1. The molecule has 0 aliphatic heterocycles. The molecular formula is C20H34O2. The fourth-order valence-electron chi connectivity index (χ4n) is 1.71. The number of allylic oxidation sites excluding steroid dienone is 2. The van der Waals surface area contributed by atoms with E-state index in [0.29, 0.717) is 12.0 Å². The number of ketones is 1. The third-order valence-corrected chi connectivity index (χ3v) is 2.97. The molecule has 1 aromatic rings. The minimum Gasteiger partial charge on any atom is -0.508 e. The number of Topliss-reactive ketones (excluding diaryl/α,β-unsaturated/α-hetero) is 1. The number of benzene rings is 1. The molecule has 0 bridgehead atoms. The maximum Gasteiger partial charge on any atom is 0.162 e. The number of unbranched alkanes of at least 4 members (excludes halogenated alkanes) is 4. The first kappa shape index (κ1) is 22.7. The summed E-state index contributed by atoms with van der Waals surface area (Å²) >= 11 is 0. The van der Waals surface area contributed by atoms with E-state index in [1.54, 1.807) is 12.1 Å². The second-order valence-corrected chi connectivity index (χ2v) is 4.74. The summed E-state index contributed by atoms with van der Waals surface area (Å²) < 4.78 is 0. The van der Waals surface area contributed by atoms with Crippen molar-refractivity contribution in [3.63, 3.8) is 0 Å². The molecule has 1 aromatic carbocycles. The van der Waals surface area contributed by atoms with Crippen molar-refractivity contribution in [3.8, 4) is 5.75 Å². The van der Waals surface area contributed by atoms with Gasteiger partial charge in [0.25, 0.3) is 0 Å². The standard InChI is InChI=1S/C9H10O2.C9H18.C2H6/c1-2-9(11)7-3-5-8(10)6-4-7;1-3-5-7-9-8-6-4-2;1-2/h3-6,10H,2H2,1H3;3,5H,4,6-9H2,1-2H3;1-2H3/b;5-3+;. The Hall–Kier alpha value is -1.57. The van der Waals surface area contributed by atoms with Crippen LogP contribution in [0.25, 0.3) is 0 Å². The molecule has 0 aliphatic carbocycles. The van der Waals surface area contributed by atoms with Crippen molar-refractivity contribution in [2.24, 2.45) is 0 Å². The molecule has 0 unspecified atom stereocenters. The molecule has 0 saturated heterocycles. The van der Waals surface area contributed by atoms with Crippen LogP contribution in [0.5, 0.6) is 5.75 Å². The normalized spacial score (nSPS) is 9.50. The van der Waals surface area contributed by atoms with Crippen molar-refractivity contribution < 1.29 is 9.90 Å². The Labute approximate surface area is 137 Å². The van der Waals surface area contributed by atoms with Gasteiger partial charge in [-0.3, -0.25) is 4.79 Å². The van der Waals surface area contributed by atoms with E-state index in [2.05, 4.69) is 26.0 Å². The lowest BCUT2D eigenvalue weighted by atomic mass is 10.1. The zero-order valence-electron chi connectivity index (χ0n) is 15.1. The maximum atomic E-state index is 11.0. The molecule has 0 aromatic heterocycles. The molecule has 1 N–H and O–H groups in total. The summed E-state index contributed by atoms with van der Waals surface area (Å²) in [6.07, 6.45) is 11.7. The molecule has 2 nitrogen and oxygen atoms in total. The predicted molar refractivity (Wildman–Crippen MR) is 97.6 cm³/mol. The topological polar surface area (TPSA) is 37.3 Å². The van der Waals surface area contributed by atoms with Crippen molar-refractivity contribution in [1.82, 2.24) is 0 Å². The molecule has 0 spiro atoms. The van der Waals surface area contributed by atoms with Gasteiger partial charge < -0.3 is 5.11 Å². The fourth-order valence-corrected chi connectivity index (χ4v) is 1.71. The third-order valence-electron chi connectivity index (χ3n) is 2.97. The average Bonchev–Trinajstić information content (AvgIpc) is 2.57. The zero-order chi connectivity index (χ0) is 17.2. The van der Waals surface area contributed by atoms with E-state index in [-0.39, 0.29) is 11.5 Å². The van der Waals surface area contributed by atoms with E-state index in [4.69, 9.17) is 5.11 Å². The predicted octanol–water partition coefficient (Wildman–Crippen LogP) is 6.54. The molecule has 1 rings (SSSR count). The van der Waals surface area contributed by atoms with Gasteiger partial charge in [-0.05, 0) is 44.0 Å². The summed E-state index contributed by atoms with van der Waals surface area (Å²) in [5, 5.41) is 8.90. The van der Waals surface area contributed by atoms with Crippen LogP contribution in [0.15, 0.2) is 36.4 Å². The van der Waals surface area contributed by atoms with Crippen molar-refractivity contribution in [2.75, 3.05) is 0 Å². The SMILES string of the molecule is C/C=C/CCCCCC.CC.CCC(=O)c1ccc(O)cc1. The first-order valence-electron chi connectivity index (χ1n) is 8.59. The Kier molecular flexibility index (Phi) is 18.0. The monoisotopic (exact) mass is 306 g/mol. The van der Waals surface area contributed by atoms with E-state index in [0.717, 1.165) is 0 Å². The van der Waals surface area contributed by atoms with Gasteiger partial charge in [0.1, 0.15) is 5.75 Å². The molecular weight excluding hydrogens is 272 g/mol. The van der Waals surface area contributed by atoms with Crippen LogP contribution in [0.3, 0.4) is 0 Å². The van der Waals surface area contributed by atoms with Crippen LogP contribution in [0.4, 0.5) is 0 Å². The first-order valence-corrected chi connectivity index (χ1v) is 8.59. The van der Waals surface area contributed by atoms with Crippen LogP contribution in [0.2, 0.25) is 0 Å². The van der Waals surface area contributed by atoms with Gasteiger partial charge in [-0.2, -0.15) is 0 Å². The molecule has 0 heterocycles. The van der Waals surface area contributed by atoms with Crippen LogP contribution in [-0.4, -0.2) is 10.9 Å². The van der Waals surface area contributed by atoms with Gasteiger partial charge in [0.15, 0.2) is 5.78 Å². The van der Waals surface area contributed by atoms with E-state index in [1.165, 1.54) is 44.2 Å². The summed E-state index contributed by atoms with van der Waals surface area (Å²) in [4.78, 5) is 11.0. The second kappa shape index (κ2) is 17.5. The number of aromatic hydroxyl groups is 1. The zero-order valence-corrected chi connectivity index (χ0v) is 15.1. The molecule has 126 valence electrons. The Morgan fingerprint density at radius 2 is 1.64 bits per heavy atom. The number of phenols is 1. The van der Waals surface area contributed by atoms with Crippen molar-refractivity contribution >= 4 is 5.78 Å². The van der Waals surface area contributed by atoms with Crippen molar-refractivity contribution in [3.05, 3.63) is 42.0 Å². The van der Waals surface area contributed by atoms with Gasteiger partial charge >= 0.3 is 0 Å². The third kappa shape index (κ3) is 13.4. The number of rotatable bonds is 7. The average molecular weight is 306 g/mol. The number of carbonyl (C=O) groups excluding carboxylic acids is 1. The molecule has 0 atom stereocenters. The quantitative estimate of drug-likeness (QED) is 0.352. The molecule has 0 saturated carbocycles. The number of carbonyl (C=O) groups is 1. The number of phenolic OH excluding ortho intramolecular Hbond substituents is 1. The summed E-state index contributed by atoms with van der Waals surface area (Å²) in [7, 11) is 0. The summed E-state index contributed by atoms with van der Waals surface area (Å²) in [6.45, 7) is 10.1. The lowest BCUT2D eigenvalue weighted by Gasteiger charge is -1.96. The van der Waals surface area contributed by atoms with Crippen molar-refractivity contribution in [2.45, 2.75) is 73.1 Å².